The summed E-state index contributed by atoms with van der Waals surface area (Å²) < 4.78 is 64.5. The fourth-order valence-corrected chi connectivity index (χ4v) is 4.25. The molecule has 1 aliphatic rings. The van der Waals surface area contributed by atoms with E-state index in [2.05, 4.69) is 0 Å². The lowest BCUT2D eigenvalue weighted by molar-refractivity contribution is -0.137. The molecule has 1 atom stereocenters. The maximum atomic E-state index is 12.8. The van der Waals surface area contributed by atoms with Gasteiger partial charge in [0.2, 0.25) is 10.0 Å². The molecule has 1 unspecified atom stereocenters. The van der Waals surface area contributed by atoms with Crippen LogP contribution in [0.15, 0.2) is 23.1 Å². The molecule has 0 amide bonds. The first kappa shape index (κ1) is 19.7. The molecule has 1 fully saturated rings. The fourth-order valence-electron chi connectivity index (χ4n) is 2.52. The maximum Gasteiger partial charge on any atom is 0.417 e. The summed E-state index contributed by atoms with van der Waals surface area (Å²) in [4.78, 5) is -0.322. The lowest BCUT2D eigenvalue weighted by Crippen LogP contribution is -2.39. The van der Waals surface area contributed by atoms with Crippen molar-refractivity contribution < 1.29 is 21.6 Å². The zero-order valence-electron chi connectivity index (χ0n) is 11.9. The van der Waals surface area contributed by atoms with Crippen LogP contribution in [-0.2, 0) is 16.2 Å². The highest BCUT2D eigenvalue weighted by Crippen LogP contribution is 2.34. The van der Waals surface area contributed by atoms with Crippen LogP contribution in [0.25, 0.3) is 0 Å². The van der Waals surface area contributed by atoms with Crippen LogP contribution in [0, 0.1) is 11.3 Å². The molecule has 10 heteroatoms. The van der Waals surface area contributed by atoms with Gasteiger partial charge in [-0.1, -0.05) is 0 Å². The van der Waals surface area contributed by atoms with Crippen LogP contribution in [0.2, 0.25) is 0 Å². The van der Waals surface area contributed by atoms with Crippen molar-refractivity contribution in [3.63, 3.8) is 0 Å². The van der Waals surface area contributed by atoms with Crippen LogP contribution in [0.4, 0.5) is 13.2 Å². The van der Waals surface area contributed by atoms with Crippen molar-refractivity contribution >= 4 is 22.4 Å². The minimum Gasteiger partial charge on any atom is -0.329 e. The van der Waals surface area contributed by atoms with E-state index in [4.69, 9.17) is 11.0 Å². The molecular formula is C13H15ClF3N3O2S. The molecule has 0 radical (unpaired) electrons. The van der Waals surface area contributed by atoms with E-state index >= 15 is 0 Å². The Morgan fingerprint density at radius 1 is 1.39 bits per heavy atom. The average Bonchev–Trinajstić information content (AvgIpc) is 2.94. The highest BCUT2D eigenvalue weighted by molar-refractivity contribution is 7.89. The smallest absolute Gasteiger partial charge is 0.329 e. The second-order valence-electron chi connectivity index (χ2n) is 4.96. The predicted molar refractivity (Wildman–Crippen MR) is 79.4 cm³/mol. The van der Waals surface area contributed by atoms with Gasteiger partial charge in [-0.25, -0.2) is 8.42 Å². The molecule has 1 aromatic rings. The van der Waals surface area contributed by atoms with Crippen molar-refractivity contribution in [2.75, 3.05) is 13.1 Å². The molecule has 2 rings (SSSR count). The van der Waals surface area contributed by atoms with Gasteiger partial charge in [0.25, 0.3) is 0 Å². The van der Waals surface area contributed by atoms with Gasteiger partial charge < -0.3 is 5.73 Å². The number of nitrogens with zero attached hydrogens (tertiary/aromatic N) is 2. The number of hydrogen-bond acceptors (Lipinski definition) is 4. The van der Waals surface area contributed by atoms with Crippen molar-refractivity contribution in [2.45, 2.75) is 30.0 Å². The summed E-state index contributed by atoms with van der Waals surface area (Å²) in [5.74, 6) is 0. The van der Waals surface area contributed by atoms with Gasteiger partial charge in [-0.2, -0.15) is 22.7 Å². The van der Waals surface area contributed by atoms with Crippen molar-refractivity contribution in [1.29, 1.82) is 5.26 Å². The standard InChI is InChI=1S/C13H14F3N3O2S.ClH/c14-13(15,16)12-4-3-11(6-9(12)7-17)22(20,21)19-5-1-2-10(19)8-18;/h3-4,6,10H,1-2,5,8,18H2;1H. The summed E-state index contributed by atoms with van der Waals surface area (Å²) in [6.45, 7) is 0.415. The van der Waals surface area contributed by atoms with Crippen LogP contribution in [0.1, 0.15) is 24.0 Å². The summed E-state index contributed by atoms with van der Waals surface area (Å²) in [6.07, 6.45) is -3.45. The van der Waals surface area contributed by atoms with Crippen molar-refractivity contribution in [1.82, 2.24) is 4.31 Å². The average molecular weight is 370 g/mol. The van der Waals surface area contributed by atoms with Gasteiger partial charge in [-0.15, -0.1) is 12.4 Å². The lowest BCUT2D eigenvalue weighted by Gasteiger charge is -2.23. The predicted octanol–water partition coefficient (Wildman–Crippen LogP) is 2.11. The first-order valence-electron chi connectivity index (χ1n) is 6.55. The summed E-state index contributed by atoms with van der Waals surface area (Å²) in [5.41, 5.74) is 3.67. The molecule has 5 nitrogen and oxygen atoms in total. The van der Waals surface area contributed by atoms with Crippen LogP contribution < -0.4 is 5.73 Å². The second kappa shape index (κ2) is 7.05. The fraction of sp³-hybridized carbons (Fsp3) is 0.462. The van der Waals surface area contributed by atoms with E-state index < -0.39 is 27.3 Å². The zero-order chi connectivity index (χ0) is 16.5. The van der Waals surface area contributed by atoms with E-state index in [0.29, 0.717) is 18.9 Å². The van der Waals surface area contributed by atoms with Crippen LogP contribution in [0.3, 0.4) is 0 Å². The molecule has 1 aromatic carbocycles. The summed E-state index contributed by atoms with van der Waals surface area (Å²) in [5, 5.41) is 8.86. The Labute approximate surface area is 138 Å². The SMILES string of the molecule is Cl.N#Cc1cc(S(=O)(=O)N2CCCC2CN)ccc1C(F)(F)F. The lowest BCUT2D eigenvalue weighted by atomic mass is 10.1. The first-order chi connectivity index (χ1) is 10.2. The minimum absolute atomic E-state index is 0. The molecule has 0 aromatic heterocycles. The van der Waals surface area contributed by atoms with Gasteiger partial charge in [0, 0.05) is 19.1 Å². The van der Waals surface area contributed by atoms with Gasteiger partial charge in [-0.05, 0) is 31.0 Å². The van der Waals surface area contributed by atoms with Crippen LogP contribution in [0.5, 0.6) is 0 Å². The van der Waals surface area contributed by atoms with E-state index in [1.54, 1.807) is 0 Å². The summed E-state index contributed by atoms with van der Waals surface area (Å²) >= 11 is 0. The molecule has 1 heterocycles. The zero-order valence-corrected chi connectivity index (χ0v) is 13.5. The van der Waals surface area contributed by atoms with Crippen molar-refractivity contribution in [3.05, 3.63) is 29.3 Å². The monoisotopic (exact) mass is 369 g/mol. The van der Waals surface area contributed by atoms with Gasteiger partial charge in [0.05, 0.1) is 22.1 Å². The third-order valence-electron chi connectivity index (χ3n) is 3.62. The molecule has 2 N–H and O–H groups in total. The number of benzene rings is 1. The Morgan fingerprint density at radius 3 is 2.57 bits per heavy atom. The summed E-state index contributed by atoms with van der Waals surface area (Å²) in [7, 11) is -3.96. The topological polar surface area (TPSA) is 87.2 Å². The second-order valence-corrected chi connectivity index (χ2v) is 6.86. The van der Waals surface area contributed by atoms with Crippen molar-refractivity contribution in [3.8, 4) is 6.07 Å². The van der Waals surface area contributed by atoms with Gasteiger partial charge >= 0.3 is 6.18 Å². The number of hydrogen-bond donors (Lipinski definition) is 1. The Bertz CT molecular complexity index is 716. The van der Waals surface area contributed by atoms with Gasteiger partial charge in [0.15, 0.2) is 0 Å². The molecular weight excluding hydrogens is 355 g/mol. The number of sulfonamides is 1. The first-order valence-corrected chi connectivity index (χ1v) is 7.99. The number of rotatable bonds is 3. The Balaban J connectivity index is 0.00000264. The maximum absolute atomic E-state index is 12.8. The van der Waals surface area contributed by atoms with E-state index in [1.165, 1.54) is 10.4 Å². The third-order valence-corrected chi connectivity index (χ3v) is 5.57. The molecule has 1 aliphatic heterocycles. The largest absolute Gasteiger partial charge is 0.417 e. The number of nitriles is 1. The molecule has 1 saturated heterocycles. The van der Waals surface area contributed by atoms with Crippen LogP contribution in [-0.4, -0.2) is 31.9 Å². The molecule has 23 heavy (non-hydrogen) atoms. The summed E-state index contributed by atoms with van der Waals surface area (Å²) in [6, 6.07) is 3.31. The Morgan fingerprint density at radius 2 is 2.04 bits per heavy atom. The van der Waals surface area contributed by atoms with Gasteiger partial charge in [0.1, 0.15) is 0 Å². The number of alkyl halides is 3. The van der Waals surface area contributed by atoms with Crippen molar-refractivity contribution in [2.24, 2.45) is 5.73 Å². The number of halogens is 4. The molecule has 0 bridgehead atoms. The van der Waals surface area contributed by atoms with Gasteiger partial charge in [-0.3, -0.25) is 0 Å². The minimum atomic E-state index is -4.71. The molecule has 0 spiro atoms. The molecule has 128 valence electrons. The normalized spacial score (nSPS) is 19.2. The Kier molecular flexibility index (Phi) is 6.04. The quantitative estimate of drug-likeness (QED) is 0.884. The Hall–Kier alpha value is -1.34. The highest BCUT2D eigenvalue weighted by Gasteiger charge is 2.37. The molecule has 0 saturated carbocycles. The highest BCUT2D eigenvalue weighted by atomic mass is 35.5. The molecule has 0 aliphatic carbocycles. The van der Waals surface area contributed by atoms with Crippen LogP contribution >= 0.6 is 12.4 Å². The third kappa shape index (κ3) is 3.77. The van der Waals surface area contributed by atoms with E-state index in [1.807, 2.05) is 0 Å². The number of nitrogens with two attached hydrogens (primary N) is 1. The van der Waals surface area contributed by atoms with E-state index in [0.717, 1.165) is 12.1 Å². The van der Waals surface area contributed by atoms with E-state index in [-0.39, 0.29) is 36.4 Å². The van der Waals surface area contributed by atoms with E-state index in [9.17, 15) is 21.6 Å².